The van der Waals surface area contributed by atoms with E-state index in [2.05, 4.69) is 5.32 Å². The summed E-state index contributed by atoms with van der Waals surface area (Å²) in [7, 11) is -2.10. The Hall–Kier alpha value is -2.18. The third kappa shape index (κ3) is 4.43. The summed E-state index contributed by atoms with van der Waals surface area (Å²) in [6, 6.07) is 15.7. The lowest BCUT2D eigenvalue weighted by Crippen LogP contribution is -2.41. The van der Waals surface area contributed by atoms with Crippen LogP contribution in [0, 0.1) is 6.92 Å². The minimum absolute atomic E-state index is 0.350. The van der Waals surface area contributed by atoms with E-state index >= 15 is 0 Å². The molecule has 0 aliphatic heterocycles. The van der Waals surface area contributed by atoms with Crippen molar-refractivity contribution in [2.24, 2.45) is 0 Å². The number of carbonyl (C=O) groups is 1. The number of amides is 1. The maximum Gasteiger partial charge on any atom is 0.243 e. The topological polar surface area (TPSA) is 66.5 Å². The molecule has 1 atom stereocenters. The van der Waals surface area contributed by atoms with Gasteiger partial charge in [-0.3, -0.25) is 4.79 Å². The highest BCUT2D eigenvalue weighted by atomic mass is 32.2. The lowest BCUT2D eigenvalue weighted by atomic mass is 10.1. The number of hydrogen-bond acceptors (Lipinski definition) is 3. The number of rotatable bonds is 6. The highest BCUT2D eigenvalue weighted by molar-refractivity contribution is 7.88. The van der Waals surface area contributed by atoms with Crippen molar-refractivity contribution in [1.82, 2.24) is 9.62 Å². The molecule has 1 amide bonds. The Bertz CT molecular complexity index is 804. The van der Waals surface area contributed by atoms with Gasteiger partial charge >= 0.3 is 0 Å². The highest BCUT2D eigenvalue weighted by Crippen LogP contribution is 2.22. The van der Waals surface area contributed by atoms with Crippen molar-refractivity contribution in [3.05, 3.63) is 71.3 Å². The molecule has 5 nitrogen and oxygen atoms in total. The van der Waals surface area contributed by atoms with Crippen LogP contribution in [0.5, 0.6) is 0 Å². The minimum Gasteiger partial charge on any atom is -0.350 e. The molecule has 128 valence electrons. The van der Waals surface area contributed by atoms with Crippen LogP contribution in [0.2, 0.25) is 0 Å². The highest BCUT2D eigenvalue weighted by Gasteiger charge is 2.30. The van der Waals surface area contributed by atoms with Gasteiger partial charge in [0.25, 0.3) is 0 Å². The average Bonchev–Trinajstić information content (AvgIpc) is 2.54. The molecule has 2 aromatic carbocycles. The summed E-state index contributed by atoms with van der Waals surface area (Å²) >= 11 is 0. The van der Waals surface area contributed by atoms with Gasteiger partial charge in [0.1, 0.15) is 6.04 Å². The van der Waals surface area contributed by atoms with Crippen molar-refractivity contribution in [3.63, 3.8) is 0 Å². The molecule has 0 aliphatic rings. The zero-order valence-electron chi connectivity index (χ0n) is 14.1. The summed E-state index contributed by atoms with van der Waals surface area (Å²) in [5.41, 5.74) is 2.71. The van der Waals surface area contributed by atoms with Gasteiger partial charge in [0.2, 0.25) is 15.9 Å². The molecule has 2 aromatic rings. The Labute approximate surface area is 143 Å². The molecule has 0 aliphatic carbocycles. The van der Waals surface area contributed by atoms with Crippen LogP contribution in [0.15, 0.2) is 54.6 Å². The third-order valence-electron chi connectivity index (χ3n) is 3.96. The normalized spacial score (nSPS) is 12.8. The van der Waals surface area contributed by atoms with Crippen molar-refractivity contribution in [3.8, 4) is 0 Å². The average molecular weight is 346 g/mol. The Morgan fingerprint density at radius 2 is 1.67 bits per heavy atom. The van der Waals surface area contributed by atoms with Gasteiger partial charge in [0.05, 0.1) is 6.26 Å². The maximum absolute atomic E-state index is 12.7. The van der Waals surface area contributed by atoms with Gasteiger partial charge in [0.15, 0.2) is 0 Å². The maximum atomic E-state index is 12.7. The van der Waals surface area contributed by atoms with E-state index in [1.165, 1.54) is 7.05 Å². The summed E-state index contributed by atoms with van der Waals surface area (Å²) in [5, 5.41) is 2.85. The summed E-state index contributed by atoms with van der Waals surface area (Å²) in [5.74, 6) is -0.350. The number of sulfonamides is 1. The predicted octanol–water partition coefficient (Wildman–Crippen LogP) is 2.24. The van der Waals surface area contributed by atoms with Crippen molar-refractivity contribution < 1.29 is 13.2 Å². The second-order valence-electron chi connectivity index (χ2n) is 5.74. The van der Waals surface area contributed by atoms with Gasteiger partial charge in [-0.15, -0.1) is 0 Å². The lowest BCUT2D eigenvalue weighted by Gasteiger charge is -2.25. The second-order valence-corrected chi connectivity index (χ2v) is 7.78. The van der Waals surface area contributed by atoms with E-state index in [1.807, 2.05) is 37.3 Å². The summed E-state index contributed by atoms with van der Waals surface area (Å²) in [6.45, 7) is 2.32. The summed E-state index contributed by atoms with van der Waals surface area (Å²) in [4.78, 5) is 12.7. The van der Waals surface area contributed by atoms with Crippen LogP contribution in [0.4, 0.5) is 0 Å². The third-order valence-corrected chi connectivity index (χ3v) is 5.22. The molecule has 0 aromatic heterocycles. The summed E-state index contributed by atoms with van der Waals surface area (Å²) in [6.07, 6.45) is 1.09. The molecule has 0 bridgehead atoms. The number of carbonyl (C=O) groups excluding carboxylic acids is 1. The van der Waals surface area contributed by atoms with Crippen molar-refractivity contribution in [1.29, 1.82) is 0 Å². The minimum atomic E-state index is -3.51. The predicted molar refractivity (Wildman–Crippen MR) is 94.8 cm³/mol. The van der Waals surface area contributed by atoms with Crippen LogP contribution in [-0.4, -0.2) is 31.9 Å². The van der Waals surface area contributed by atoms with Gasteiger partial charge in [-0.25, -0.2) is 8.42 Å². The van der Waals surface area contributed by atoms with Crippen molar-refractivity contribution in [2.45, 2.75) is 19.5 Å². The zero-order chi connectivity index (χ0) is 17.7. The molecule has 0 heterocycles. The van der Waals surface area contributed by atoms with Gasteiger partial charge in [0, 0.05) is 13.6 Å². The number of benzene rings is 2. The fraction of sp³-hybridized carbons (Fsp3) is 0.278. The molecule has 0 unspecified atom stereocenters. The fourth-order valence-electron chi connectivity index (χ4n) is 2.44. The monoisotopic (exact) mass is 346 g/mol. The molecular weight excluding hydrogens is 324 g/mol. The number of hydrogen-bond donors (Lipinski definition) is 1. The molecule has 2 rings (SSSR count). The van der Waals surface area contributed by atoms with Gasteiger partial charge in [-0.1, -0.05) is 54.6 Å². The van der Waals surface area contributed by atoms with Gasteiger partial charge < -0.3 is 5.32 Å². The largest absolute Gasteiger partial charge is 0.350 e. The summed E-state index contributed by atoms with van der Waals surface area (Å²) < 4.78 is 24.9. The van der Waals surface area contributed by atoms with Crippen LogP contribution in [0.25, 0.3) is 0 Å². The van der Waals surface area contributed by atoms with Crippen LogP contribution in [0.3, 0.4) is 0 Å². The Morgan fingerprint density at radius 1 is 1.08 bits per heavy atom. The van der Waals surface area contributed by atoms with E-state index < -0.39 is 16.1 Å². The van der Waals surface area contributed by atoms with Crippen LogP contribution < -0.4 is 5.32 Å². The Balaban J connectivity index is 2.24. The van der Waals surface area contributed by atoms with E-state index in [0.717, 1.165) is 21.7 Å². The molecule has 24 heavy (non-hydrogen) atoms. The first-order chi connectivity index (χ1) is 11.3. The first-order valence-corrected chi connectivity index (χ1v) is 9.45. The SMILES string of the molecule is Cc1ccccc1CNC(=O)[C@@H](c1ccccc1)N(C)S(C)(=O)=O. The number of nitrogens with zero attached hydrogens (tertiary/aromatic N) is 1. The Kier molecular flexibility index (Phi) is 5.75. The lowest BCUT2D eigenvalue weighted by molar-refractivity contribution is -0.124. The molecule has 0 saturated heterocycles. The molecule has 0 spiro atoms. The van der Waals surface area contributed by atoms with Crippen molar-refractivity contribution >= 4 is 15.9 Å². The fourth-order valence-corrected chi connectivity index (χ4v) is 3.04. The van der Waals surface area contributed by atoms with Crippen LogP contribution >= 0.6 is 0 Å². The second kappa shape index (κ2) is 7.59. The first kappa shape index (κ1) is 18.2. The van der Waals surface area contributed by atoms with Crippen molar-refractivity contribution in [2.75, 3.05) is 13.3 Å². The van der Waals surface area contributed by atoms with Crippen LogP contribution in [0.1, 0.15) is 22.7 Å². The molecule has 0 radical (unpaired) electrons. The van der Waals surface area contributed by atoms with E-state index in [-0.39, 0.29) is 5.91 Å². The zero-order valence-corrected chi connectivity index (χ0v) is 14.9. The molecule has 0 fully saturated rings. The van der Waals surface area contributed by atoms with E-state index in [4.69, 9.17) is 0 Å². The smallest absolute Gasteiger partial charge is 0.243 e. The van der Waals surface area contributed by atoms with E-state index in [1.54, 1.807) is 24.3 Å². The van der Waals surface area contributed by atoms with E-state index in [0.29, 0.717) is 12.1 Å². The number of aryl methyl sites for hydroxylation is 1. The van der Waals surface area contributed by atoms with E-state index in [9.17, 15) is 13.2 Å². The molecule has 6 heteroatoms. The number of nitrogens with one attached hydrogen (secondary N) is 1. The molecule has 0 saturated carbocycles. The van der Waals surface area contributed by atoms with Gasteiger partial charge in [-0.05, 0) is 23.6 Å². The first-order valence-electron chi connectivity index (χ1n) is 7.61. The Morgan fingerprint density at radius 3 is 2.25 bits per heavy atom. The standard InChI is InChI=1S/C18H22N2O3S/c1-14-9-7-8-12-16(14)13-19-18(21)17(20(2)24(3,22)23)15-10-5-4-6-11-15/h4-12,17H,13H2,1-3H3,(H,19,21)/t17-/m1/s1. The number of likely N-dealkylation sites (N-methyl/N-ethyl adjacent to an activating group) is 1. The molecule has 1 N–H and O–H groups in total. The quantitative estimate of drug-likeness (QED) is 0.872. The van der Waals surface area contributed by atoms with Gasteiger partial charge in [-0.2, -0.15) is 4.31 Å². The molecular formula is C18H22N2O3S. The van der Waals surface area contributed by atoms with Crippen LogP contribution in [-0.2, 0) is 21.4 Å².